The predicted molar refractivity (Wildman–Crippen MR) is 67.5 cm³/mol. The van der Waals surface area contributed by atoms with Crippen molar-refractivity contribution in [2.75, 3.05) is 19.8 Å². The second-order valence-corrected chi connectivity index (χ2v) is 6.05. The Balaban J connectivity index is 1.63. The average Bonchev–Trinajstić information content (AvgIpc) is 3.27. The van der Waals surface area contributed by atoms with Gasteiger partial charge in [-0.1, -0.05) is 0 Å². The quantitative estimate of drug-likeness (QED) is 0.810. The monoisotopic (exact) mass is 267 g/mol. The van der Waals surface area contributed by atoms with E-state index in [2.05, 4.69) is 0 Å². The summed E-state index contributed by atoms with van der Waals surface area (Å²) in [5, 5.41) is 9.03. The van der Waals surface area contributed by atoms with Crippen LogP contribution in [0.3, 0.4) is 0 Å². The maximum Gasteiger partial charge on any atom is 0.323 e. The van der Waals surface area contributed by atoms with Gasteiger partial charge in [-0.15, -0.1) is 0 Å². The van der Waals surface area contributed by atoms with Crippen LogP contribution in [0, 0.1) is 17.8 Å². The maximum absolute atomic E-state index is 12.5. The minimum atomic E-state index is -0.913. The molecule has 5 nitrogen and oxygen atoms in total. The van der Waals surface area contributed by atoms with Gasteiger partial charge >= 0.3 is 5.97 Å². The number of aliphatic carboxylic acids is 1. The highest BCUT2D eigenvalue weighted by Gasteiger charge is 2.52. The van der Waals surface area contributed by atoms with Gasteiger partial charge in [-0.3, -0.25) is 9.59 Å². The fraction of sp³-hybridized carbons (Fsp3) is 0.857. The Kier molecular flexibility index (Phi) is 3.48. The molecule has 5 heteroatoms. The van der Waals surface area contributed by atoms with Gasteiger partial charge < -0.3 is 14.7 Å². The first-order valence-electron chi connectivity index (χ1n) is 7.27. The molecule has 0 bridgehead atoms. The van der Waals surface area contributed by atoms with Crippen LogP contribution in [0.15, 0.2) is 0 Å². The minimum Gasteiger partial charge on any atom is -0.480 e. The smallest absolute Gasteiger partial charge is 0.323 e. The molecule has 1 N–H and O–H groups in total. The molecule has 2 saturated carbocycles. The van der Waals surface area contributed by atoms with E-state index < -0.39 is 5.97 Å². The van der Waals surface area contributed by atoms with E-state index in [1.807, 2.05) is 0 Å². The number of carboxylic acid groups (broad SMARTS) is 1. The topological polar surface area (TPSA) is 66.8 Å². The third-order valence-corrected chi connectivity index (χ3v) is 4.60. The van der Waals surface area contributed by atoms with Gasteiger partial charge in [-0.2, -0.15) is 0 Å². The summed E-state index contributed by atoms with van der Waals surface area (Å²) in [5.74, 6) is 0.559. The summed E-state index contributed by atoms with van der Waals surface area (Å²) in [5.41, 5.74) is 0. The molecular weight excluding hydrogens is 246 g/mol. The van der Waals surface area contributed by atoms with Crippen LogP contribution in [-0.4, -0.2) is 47.7 Å². The Morgan fingerprint density at radius 2 is 1.84 bits per heavy atom. The number of carboxylic acids is 1. The molecule has 0 spiro atoms. The first kappa shape index (κ1) is 12.9. The van der Waals surface area contributed by atoms with E-state index in [1.54, 1.807) is 4.90 Å². The first-order valence-corrected chi connectivity index (χ1v) is 7.27. The predicted octanol–water partition coefficient (Wildman–Crippen LogP) is 1.12. The van der Waals surface area contributed by atoms with Gasteiger partial charge in [0.25, 0.3) is 0 Å². The van der Waals surface area contributed by atoms with E-state index in [4.69, 9.17) is 9.84 Å². The van der Waals surface area contributed by atoms with Gasteiger partial charge in [0.15, 0.2) is 0 Å². The van der Waals surface area contributed by atoms with Crippen molar-refractivity contribution in [3.05, 3.63) is 0 Å². The van der Waals surface area contributed by atoms with Crippen LogP contribution in [0.25, 0.3) is 0 Å². The van der Waals surface area contributed by atoms with Gasteiger partial charge in [0.05, 0.1) is 0 Å². The van der Waals surface area contributed by atoms with Crippen molar-refractivity contribution in [3.63, 3.8) is 0 Å². The van der Waals surface area contributed by atoms with Gasteiger partial charge in [-0.05, 0) is 43.9 Å². The normalized spacial score (nSPS) is 30.9. The molecule has 1 heterocycles. The van der Waals surface area contributed by atoms with Gasteiger partial charge in [0.2, 0.25) is 5.91 Å². The molecule has 1 aliphatic heterocycles. The number of carbonyl (C=O) groups is 2. The van der Waals surface area contributed by atoms with Crippen molar-refractivity contribution in [3.8, 4) is 0 Å². The van der Waals surface area contributed by atoms with Crippen LogP contribution in [0.1, 0.15) is 32.1 Å². The van der Waals surface area contributed by atoms with Gasteiger partial charge in [0, 0.05) is 25.2 Å². The summed E-state index contributed by atoms with van der Waals surface area (Å²) in [4.78, 5) is 25.1. The van der Waals surface area contributed by atoms with E-state index >= 15 is 0 Å². The zero-order valence-electron chi connectivity index (χ0n) is 11.1. The van der Waals surface area contributed by atoms with Crippen molar-refractivity contribution in [2.45, 2.75) is 38.1 Å². The molecule has 1 amide bonds. The zero-order chi connectivity index (χ0) is 13.4. The van der Waals surface area contributed by atoms with Crippen molar-refractivity contribution in [2.24, 2.45) is 17.8 Å². The molecule has 0 aromatic heterocycles. The van der Waals surface area contributed by atoms with Crippen molar-refractivity contribution in [1.82, 2.24) is 4.90 Å². The van der Waals surface area contributed by atoms with Crippen LogP contribution < -0.4 is 0 Å². The minimum absolute atomic E-state index is 0.0535. The standard InChI is InChI=1S/C14H21NO4/c16-13(17)8-15(10-3-5-19-6-4-10)14(18)12-7-11(12)9-1-2-9/h9-12H,1-8H2,(H,16,17)/t11-,12-/m0/s1. The number of amides is 1. The Labute approximate surface area is 112 Å². The highest BCUT2D eigenvalue weighted by Crippen LogP contribution is 2.55. The number of carbonyl (C=O) groups excluding carboxylic acids is 1. The summed E-state index contributed by atoms with van der Waals surface area (Å²) < 4.78 is 5.29. The highest BCUT2D eigenvalue weighted by molar-refractivity contribution is 5.85. The molecule has 2 atom stereocenters. The molecule has 1 saturated heterocycles. The molecule has 3 fully saturated rings. The number of ether oxygens (including phenoxy) is 1. The molecule has 0 radical (unpaired) electrons. The van der Waals surface area contributed by atoms with Crippen molar-refractivity contribution >= 4 is 11.9 Å². The molecule has 0 aromatic rings. The number of hydrogen-bond acceptors (Lipinski definition) is 3. The zero-order valence-corrected chi connectivity index (χ0v) is 11.1. The summed E-state index contributed by atoms with van der Waals surface area (Å²) in [6, 6.07) is 0.0535. The average molecular weight is 267 g/mol. The molecule has 106 valence electrons. The van der Waals surface area contributed by atoms with Crippen molar-refractivity contribution < 1.29 is 19.4 Å². The molecule has 0 aromatic carbocycles. The van der Waals surface area contributed by atoms with E-state index in [0.717, 1.165) is 25.2 Å². The van der Waals surface area contributed by atoms with E-state index in [-0.39, 0.29) is 24.4 Å². The number of rotatable bonds is 5. The summed E-state index contributed by atoms with van der Waals surface area (Å²) in [7, 11) is 0. The third-order valence-electron chi connectivity index (χ3n) is 4.60. The van der Waals surface area contributed by atoms with Crippen LogP contribution in [-0.2, 0) is 14.3 Å². The summed E-state index contributed by atoms with van der Waals surface area (Å²) >= 11 is 0. The third kappa shape index (κ3) is 2.91. The largest absolute Gasteiger partial charge is 0.480 e. The second-order valence-electron chi connectivity index (χ2n) is 6.05. The SMILES string of the molecule is O=C(O)CN(C(=O)[C@H]1C[C@H]1C1CC1)C1CCOCC1. The Bertz CT molecular complexity index is 374. The van der Waals surface area contributed by atoms with E-state index in [1.165, 1.54) is 12.8 Å². The Morgan fingerprint density at radius 3 is 2.42 bits per heavy atom. The lowest BCUT2D eigenvalue weighted by molar-refractivity contribution is -0.148. The molecule has 3 aliphatic rings. The Morgan fingerprint density at radius 1 is 1.16 bits per heavy atom. The molecule has 0 unspecified atom stereocenters. The van der Waals surface area contributed by atoms with E-state index in [9.17, 15) is 9.59 Å². The molecular formula is C14H21NO4. The maximum atomic E-state index is 12.5. The van der Waals surface area contributed by atoms with Crippen LogP contribution in [0.2, 0.25) is 0 Å². The fourth-order valence-corrected chi connectivity index (χ4v) is 3.29. The van der Waals surface area contributed by atoms with Crippen LogP contribution >= 0.6 is 0 Å². The molecule has 2 aliphatic carbocycles. The Hall–Kier alpha value is -1.10. The summed E-state index contributed by atoms with van der Waals surface area (Å²) in [6.45, 7) is 1.10. The lowest BCUT2D eigenvalue weighted by Gasteiger charge is -2.33. The lowest BCUT2D eigenvalue weighted by atomic mass is 10.1. The first-order chi connectivity index (χ1) is 9.16. The molecule has 19 heavy (non-hydrogen) atoms. The molecule has 3 rings (SSSR count). The van der Waals surface area contributed by atoms with Crippen LogP contribution in [0.4, 0.5) is 0 Å². The lowest BCUT2D eigenvalue weighted by Crippen LogP contribution is -2.47. The van der Waals surface area contributed by atoms with Crippen LogP contribution in [0.5, 0.6) is 0 Å². The number of hydrogen-bond donors (Lipinski definition) is 1. The number of nitrogens with zero attached hydrogens (tertiary/aromatic N) is 1. The van der Waals surface area contributed by atoms with Gasteiger partial charge in [-0.25, -0.2) is 0 Å². The summed E-state index contributed by atoms with van der Waals surface area (Å²) in [6.07, 6.45) is 5.01. The second kappa shape index (κ2) is 5.12. The van der Waals surface area contributed by atoms with Crippen molar-refractivity contribution in [1.29, 1.82) is 0 Å². The highest BCUT2D eigenvalue weighted by atomic mass is 16.5. The van der Waals surface area contributed by atoms with Gasteiger partial charge in [0.1, 0.15) is 6.54 Å². The fourth-order valence-electron chi connectivity index (χ4n) is 3.29. The van der Waals surface area contributed by atoms with E-state index in [0.29, 0.717) is 19.1 Å².